The average Bonchev–Trinajstić information content (AvgIpc) is 2.55. The molecule has 3 nitrogen and oxygen atoms in total. The number of urea groups is 1. The van der Waals surface area contributed by atoms with Crippen LogP contribution in [0.2, 0.25) is 0 Å². The van der Waals surface area contributed by atoms with Gasteiger partial charge in [0.1, 0.15) is 0 Å². The number of nitrogens with one attached hydrogen (secondary N) is 2. The topological polar surface area (TPSA) is 41.1 Å². The highest BCUT2D eigenvalue weighted by Gasteiger charge is 2.05. The Morgan fingerprint density at radius 1 is 0.957 bits per heavy atom. The Hall–Kier alpha value is -2.33. The summed E-state index contributed by atoms with van der Waals surface area (Å²) >= 11 is 3.45. The van der Waals surface area contributed by atoms with E-state index in [4.69, 9.17) is 0 Å². The quantitative estimate of drug-likeness (QED) is 0.670. The van der Waals surface area contributed by atoms with Crippen molar-refractivity contribution in [3.05, 3.63) is 76.8 Å². The third-order valence-corrected chi connectivity index (χ3v) is 4.12. The molecule has 0 aliphatic rings. The number of carbonyl (C=O) groups is 1. The fourth-order valence-electron chi connectivity index (χ4n) is 2.51. The SMILES string of the molecule is O=C(NCCc1cccc(Br)c1)Nc1cccc2ccccc12. The van der Waals surface area contributed by atoms with Crippen molar-refractivity contribution in [3.63, 3.8) is 0 Å². The lowest BCUT2D eigenvalue weighted by Crippen LogP contribution is -2.30. The molecule has 116 valence electrons. The summed E-state index contributed by atoms with van der Waals surface area (Å²) in [5.74, 6) is 0. The molecule has 3 rings (SSSR count). The van der Waals surface area contributed by atoms with Crippen LogP contribution in [0, 0.1) is 0 Å². The van der Waals surface area contributed by atoms with Crippen molar-refractivity contribution in [3.8, 4) is 0 Å². The number of hydrogen-bond acceptors (Lipinski definition) is 1. The molecule has 0 saturated heterocycles. The van der Waals surface area contributed by atoms with Gasteiger partial charge in [-0.25, -0.2) is 4.79 Å². The lowest BCUT2D eigenvalue weighted by Gasteiger charge is -2.10. The largest absolute Gasteiger partial charge is 0.338 e. The highest BCUT2D eigenvalue weighted by atomic mass is 79.9. The van der Waals surface area contributed by atoms with Crippen LogP contribution in [0.3, 0.4) is 0 Å². The van der Waals surface area contributed by atoms with Crippen LogP contribution in [0.25, 0.3) is 10.8 Å². The van der Waals surface area contributed by atoms with Gasteiger partial charge in [-0.15, -0.1) is 0 Å². The molecule has 0 fully saturated rings. The number of benzene rings is 3. The van der Waals surface area contributed by atoms with Crippen molar-refractivity contribution in [2.45, 2.75) is 6.42 Å². The molecule has 0 heterocycles. The van der Waals surface area contributed by atoms with E-state index in [-0.39, 0.29) is 6.03 Å². The first-order valence-corrected chi connectivity index (χ1v) is 8.29. The van der Waals surface area contributed by atoms with Gasteiger partial charge < -0.3 is 10.6 Å². The summed E-state index contributed by atoms with van der Waals surface area (Å²) in [7, 11) is 0. The van der Waals surface area contributed by atoms with Crippen LogP contribution in [0.1, 0.15) is 5.56 Å². The maximum Gasteiger partial charge on any atom is 0.319 e. The molecule has 0 aliphatic carbocycles. The summed E-state index contributed by atoms with van der Waals surface area (Å²) < 4.78 is 1.05. The summed E-state index contributed by atoms with van der Waals surface area (Å²) in [4.78, 5) is 12.1. The molecule has 0 unspecified atom stereocenters. The fraction of sp³-hybridized carbons (Fsp3) is 0.105. The van der Waals surface area contributed by atoms with E-state index < -0.39 is 0 Å². The van der Waals surface area contributed by atoms with E-state index in [1.54, 1.807) is 0 Å². The molecule has 0 aliphatic heterocycles. The van der Waals surface area contributed by atoms with Crippen molar-refractivity contribution in [1.29, 1.82) is 0 Å². The first-order chi connectivity index (χ1) is 11.2. The number of hydrogen-bond donors (Lipinski definition) is 2. The molecule has 23 heavy (non-hydrogen) atoms. The van der Waals surface area contributed by atoms with Gasteiger partial charge in [-0.05, 0) is 35.6 Å². The van der Waals surface area contributed by atoms with Crippen LogP contribution in [-0.2, 0) is 6.42 Å². The van der Waals surface area contributed by atoms with E-state index in [0.29, 0.717) is 6.54 Å². The summed E-state index contributed by atoms with van der Waals surface area (Å²) in [5.41, 5.74) is 2.01. The van der Waals surface area contributed by atoms with Crippen molar-refractivity contribution >= 4 is 38.4 Å². The number of rotatable bonds is 4. The Bertz CT molecular complexity index is 827. The zero-order valence-corrected chi connectivity index (χ0v) is 14.1. The van der Waals surface area contributed by atoms with Crippen LogP contribution in [0.4, 0.5) is 10.5 Å². The van der Waals surface area contributed by atoms with Crippen molar-refractivity contribution in [2.24, 2.45) is 0 Å². The van der Waals surface area contributed by atoms with Gasteiger partial charge in [0.05, 0.1) is 5.69 Å². The van der Waals surface area contributed by atoms with Crippen LogP contribution >= 0.6 is 15.9 Å². The Morgan fingerprint density at radius 3 is 2.61 bits per heavy atom. The Balaban J connectivity index is 1.59. The fourth-order valence-corrected chi connectivity index (χ4v) is 2.96. The van der Waals surface area contributed by atoms with Gasteiger partial charge in [-0.1, -0.05) is 64.5 Å². The first-order valence-electron chi connectivity index (χ1n) is 7.49. The molecule has 0 saturated carbocycles. The molecular weight excluding hydrogens is 352 g/mol. The molecule has 3 aromatic rings. The van der Waals surface area contributed by atoms with Crippen LogP contribution in [-0.4, -0.2) is 12.6 Å². The Labute approximate surface area is 143 Å². The summed E-state index contributed by atoms with van der Waals surface area (Å²) in [6, 6.07) is 21.8. The minimum absolute atomic E-state index is 0.184. The second-order valence-electron chi connectivity index (χ2n) is 5.29. The van der Waals surface area contributed by atoms with Crippen LogP contribution in [0.15, 0.2) is 71.2 Å². The van der Waals surface area contributed by atoms with E-state index in [9.17, 15) is 4.79 Å². The molecule has 2 amide bonds. The molecule has 4 heteroatoms. The number of carbonyl (C=O) groups excluding carboxylic acids is 1. The monoisotopic (exact) mass is 368 g/mol. The lowest BCUT2D eigenvalue weighted by molar-refractivity contribution is 0.252. The minimum Gasteiger partial charge on any atom is -0.338 e. The third-order valence-electron chi connectivity index (χ3n) is 3.63. The van der Waals surface area contributed by atoms with Crippen molar-refractivity contribution < 1.29 is 4.79 Å². The molecule has 0 radical (unpaired) electrons. The number of halogens is 1. The standard InChI is InChI=1S/C19H17BrN2O/c20-16-8-3-5-14(13-16)11-12-21-19(23)22-18-10-4-7-15-6-1-2-9-17(15)18/h1-10,13H,11-12H2,(H2,21,22,23). The highest BCUT2D eigenvalue weighted by molar-refractivity contribution is 9.10. The van der Waals surface area contributed by atoms with Crippen molar-refractivity contribution in [2.75, 3.05) is 11.9 Å². The van der Waals surface area contributed by atoms with Crippen LogP contribution in [0.5, 0.6) is 0 Å². The third kappa shape index (κ3) is 4.11. The Kier molecular flexibility index (Phi) is 4.93. The van der Waals surface area contributed by atoms with E-state index in [0.717, 1.165) is 27.4 Å². The number of anilines is 1. The maximum atomic E-state index is 12.1. The molecule has 0 aromatic heterocycles. The zero-order valence-electron chi connectivity index (χ0n) is 12.6. The molecule has 0 bridgehead atoms. The smallest absolute Gasteiger partial charge is 0.319 e. The lowest BCUT2D eigenvalue weighted by atomic mass is 10.1. The van der Waals surface area contributed by atoms with Gasteiger partial charge in [0.25, 0.3) is 0 Å². The Morgan fingerprint density at radius 2 is 1.74 bits per heavy atom. The van der Waals surface area contributed by atoms with Gasteiger partial charge in [-0.3, -0.25) is 0 Å². The predicted molar refractivity (Wildman–Crippen MR) is 98.8 cm³/mol. The molecule has 0 spiro atoms. The summed E-state index contributed by atoms with van der Waals surface area (Å²) in [6.07, 6.45) is 0.794. The normalized spacial score (nSPS) is 10.5. The van der Waals surface area contributed by atoms with E-state index in [2.05, 4.69) is 38.7 Å². The van der Waals surface area contributed by atoms with Crippen molar-refractivity contribution in [1.82, 2.24) is 5.32 Å². The van der Waals surface area contributed by atoms with E-state index >= 15 is 0 Å². The van der Waals surface area contributed by atoms with Gasteiger partial charge in [0.2, 0.25) is 0 Å². The van der Waals surface area contributed by atoms with Gasteiger partial charge in [0, 0.05) is 16.4 Å². The predicted octanol–water partition coefficient (Wildman–Crippen LogP) is 4.97. The molecule has 3 aromatic carbocycles. The second-order valence-corrected chi connectivity index (χ2v) is 6.20. The number of amides is 2. The minimum atomic E-state index is -0.184. The molecule has 0 atom stereocenters. The average molecular weight is 369 g/mol. The van der Waals surface area contributed by atoms with Crippen LogP contribution < -0.4 is 10.6 Å². The second kappa shape index (κ2) is 7.29. The summed E-state index contributed by atoms with van der Waals surface area (Å²) in [5, 5.41) is 7.97. The molecule has 2 N–H and O–H groups in total. The maximum absolute atomic E-state index is 12.1. The highest BCUT2D eigenvalue weighted by Crippen LogP contribution is 2.22. The van der Waals surface area contributed by atoms with Gasteiger partial charge >= 0.3 is 6.03 Å². The van der Waals surface area contributed by atoms with Gasteiger partial charge in [-0.2, -0.15) is 0 Å². The number of fused-ring (bicyclic) bond motifs is 1. The summed E-state index contributed by atoms with van der Waals surface area (Å²) in [6.45, 7) is 0.590. The van der Waals surface area contributed by atoms with Gasteiger partial charge in [0.15, 0.2) is 0 Å². The van der Waals surface area contributed by atoms with E-state index in [1.807, 2.05) is 54.6 Å². The van der Waals surface area contributed by atoms with E-state index in [1.165, 1.54) is 5.56 Å². The molecular formula is C19H17BrN2O. The first kappa shape index (κ1) is 15.6. The zero-order chi connectivity index (χ0) is 16.1.